The molecule has 0 bridgehead atoms. The number of piperidine rings is 1. The number of likely N-dealkylation sites (tertiary alicyclic amines) is 1. The van der Waals surface area contributed by atoms with E-state index in [0.29, 0.717) is 0 Å². The van der Waals surface area contributed by atoms with E-state index >= 15 is 0 Å². The number of alkyl halides is 1. The first-order valence-corrected chi connectivity index (χ1v) is 10.4. The molecule has 5 heteroatoms. The van der Waals surface area contributed by atoms with Crippen molar-refractivity contribution in [2.24, 2.45) is 5.92 Å². The second kappa shape index (κ2) is 12.7. The maximum atomic E-state index is 12.4. The minimum atomic E-state index is -0.443. The van der Waals surface area contributed by atoms with Crippen molar-refractivity contribution in [1.82, 2.24) is 4.90 Å². The quantitative estimate of drug-likeness (QED) is 0.516. The van der Waals surface area contributed by atoms with Gasteiger partial charge in [0.1, 0.15) is 24.8 Å². The van der Waals surface area contributed by atoms with E-state index in [1.807, 2.05) is 30.3 Å². The fourth-order valence-corrected chi connectivity index (χ4v) is 4.05. The molecule has 1 fully saturated rings. The summed E-state index contributed by atoms with van der Waals surface area (Å²) in [6.45, 7) is 3.12. The molecule has 0 unspecified atom stereocenters. The molecular formula is C24H33ClFNO2. The molecule has 1 saturated heterocycles. The Balaban J connectivity index is 0.00000300. The van der Waals surface area contributed by atoms with Gasteiger partial charge in [-0.25, -0.2) is 4.39 Å². The molecule has 1 heterocycles. The van der Waals surface area contributed by atoms with E-state index in [0.717, 1.165) is 36.8 Å². The molecule has 0 aromatic heterocycles. The van der Waals surface area contributed by atoms with Crippen molar-refractivity contribution in [3.05, 3.63) is 59.7 Å². The van der Waals surface area contributed by atoms with Crippen LogP contribution in [-0.2, 0) is 12.8 Å². The van der Waals surface area contributed by atoms with Crippen molar-refractivity contribution in [3.63, 3.8) is 0 Å². The second-order valence-corrected chi connectivity index (χ2v) is 7.53. The molecule has 0 saturated carbocycles. The lowest BCUT2D eigenvalue weighted by Crippen LogP contribution is -2.35. The highest BCUT2D eigenvalue weighted by Gasteiger charge is 2.19. The lowest BCUT2D eigenvalue weighted by molar-refractivity contribution is 0.180. The smallest absolute Gasteiger partial charge is 0.123 e. The minimum absolute atomic E-state index is 0. The van der Waals surface area contributed by atoms with Crippen molar-refractivity contribution >= 4 is 12.4 Å². The predicted molar refractivity (Wildman–Crippen MR) is 119 cm³/mol. The van der Waals surface area contributed by atoms with Crippen LogP contribution >= 0.6 is 12.4 Å². The van der Waals surface area contributed by atoms with E-state index in [-0.39, 0.29) is 19.0 Å². The topological polar surface area (TPSA) is 21.7 Å². The molecule has 0 spiro atoms. The maximum Gasteiger partial charge on any atom is 0.123 e. The van der Waals surface area contributed by atoms with Crippen molar-refractivity contribution in [2.75, 3.05) is 40.0 Å². The molecule has 160 valence electrons. The van der Waals surface area contributed by atoms with Crippen LogP contribution in [0.5, 0.6) is 11.5 Å². The first kappa shape index (κ1) is 23.5. The average molecular weight is 422 g/mol. The van der Waals surface area contributed by atoms with Gasteiger partial charge in [0.25, 0.3) is 0 Å². The lowest BCUT2D eigenvalue weighted by Gasteiger charge is -2.32. The SMILES string of the molecule is COc1ccccc1CCN1CCC(CCc2ccccc2OCCF)CC1.Cl. The minimum Gasteiger partial charge on any atom is -0.496 e. The highest BCUT2D eigenvalue weighted by molar-refractivity contribution is 5.85. The molecule has 0 aliphatic carbocycles. The summed E-state index contributed by atoms with van der Waals surface area (Å²) in [5, 5.41) is 0. The Morgan fingerprint density at radius 3 is 2.21 bits per heavy atom. The van der Waals surface area contributed by atoms with Crippen LogP contribution in [0.1, 0.15) is 30.4 Å². The molecule has 29 heavy (non-hydrogen) atoms. The zero-order valence-corrected chi connectivity index (χ0v) is 18.1. The number of hydrogen-bond acceptors (Lipinski definition) is 3. The molecule has 0 atom stereocenters. The van der Waals surface area contributed by atoms with Crippen LogP contribution in [-0.4, -0.2) is 44.9 Å². The van der Waals surface area contributed by atoms with Gasteiger partial charge in [-0.3, -0.25) is 0 Å². The lowest BCUT2D eigenvalue weighted by atomic mass is 9.90. The molecule has 1 aliphatic heterocycles. The van der Waals surface area contributed by atoms with Gasteiger partial charge in [0.2, 0.25) is 0 Å². The third kappa shape index (κ3) is 7.20. The molecule has 0 N–H and O–H groups in total. The van der Waals surface area contributed by atoms with Crippen LogP contribution < -0.4 is 9.47 Å². The van der Waals surface area contributed by atoms with E-state index in [4.69, 9.17) is 9.47 Å². The monoisotopic (exact) mass is 421 g/mol. The Morgan fingerprint density at radius 2 is 1.55 bits per heavy atom. The summed E-state index contributed by atoms with van der Waals surface area (Å²) in [4.78, 5) is 2.57. The number of rotatable bonds is 10. The molecule has 3 nitrogen and oxygen atoms in total. The fourth-order valence-electron chi connectivity index (χ4n) is 4.05. The highest BCUT2D eigenvalue weighted by Crippen LogP contribution is 2.26. The molecule has 0 amide bonds. The number of hydrogen-bond donors (Lipinski definition) is 0. The van der Waals surface area contributed by atoms with E-state index < -0.39 is 6.67 Å². The Bertz CT molecular complexity index is 720. The van der Waals surface area contributed by atoms with Gasteiger partial charge < -0.3 is 14.4 Å². The number of ether oxygens (including phenoxy) is 2. The van der Waals surface area contributed by atoms with Crippen LogP contribution in [0, 0.1) is 5.92 Å². The summed E-state index contributed by atoms with van der Waals surface area (Å²) in [6, 6.07) is 16.4. The summed E-state index contributed by atoms with van der Waals surface area (Å²) < 4.78 is 23.4. The van der Waals surface area contributed by atoms with Gasteiger partial charge in [-0.2, -0.15) is 0 Å². The molecule has 2 aromatic rings. The van der Waals surface area contributed by atoms with Gasteiger partial charge >= 0.3 is 0 Å². The number of halogens is 2. The standard InChI is InChI=1S/C24H32FNO2.ClH/c1-27-23-8-4-2-7-22(23)14-18-26-16-12-20(13-17-26)10-11-21-6-3-5-9-24(21)28-19-15-25;/h2-9,20H,10-19H2,1H3;1H. The molecule has 2 aromatic carbocycles. The Hall–Kier alpha value is -1.78. The van der Waals surface area contributed by atoms with Crippen LogP contribution in [0.2, 0.25) is 0 Å². The fraction of sp³-hybridized carbons (Fsp3) is 0.500. The summed E-state index contributed by atoms with van der Waals surface area (Å²) in [5.74, 6) is 2.59. The van der Waals surface area contributed by atoms with Crippen molar-refractivity contribution < 1.29 is 13.9 Å². The predicted octanol–water partition coefficient (Wildman–Crippen LogP) is 5.35. The number of nitrogens with zero attached hydrogens (tertiary/aromatic N) is 1. The molecule has 0 radical (unpaired) electrons. The van der Waals surface area contributed by atoms with E-state index in [1.54, 1.807) is 7.11 Å². The first-order valence-electron chi connectivity index (χ1n) is 10.4. The highest BCUT2D eigenvalue weighted by atomic mass is 35.5. The van der Waals surface area contributed by atoms with Gasteiger partial charge in [-0.1, -0.05) is 36.4 Å². The molecule has 1 aliphatic rings. The number of para-hydroxylation sites is 2. The summed E-state index contributed by atoms with van der Waals surface area (Å²) in [5.41, 5.74) is 2.49. The largest absolute Gasteiger partial charge is 0.496 e. The summed E-state index contributed by atoms with van der Waals surface area (Å²) >= 11 is 0. The van der Waals surface area contributed by atoms with Gasteiger partial charge in [0.15, 0.2) is 0 Å². The zero-order chi connectivity index (χ0) is 19.6. The van der Waals surface area contributed by atoms with Gasteiger partial charge in [0.05, 0.1) is 7.11 Å². The van der Waals surface area contributed by atoms with Crippen LogP contribution in [0.4, 0.5) is 4.39 Å². The van der Waals surface area contributed by atoms with Crippen molar-refractivity contribution in [3.8, 4) is 11.5 Å². The van der Waals surface area contributed by atoms with Crippen molar-refractivity contribution in [1.29, 1.82) is 0 Å². The Morgan fingerprint density at radius 1 is 0.931 bits per heavy atom. The van der Waals surface area contributed by atoms with Crippen LogP contribution in [0.25, 0.3) is 0 Å². The van der Waals surface area contributed by atoms with E-state index in [9.17, 15) is 4.39 Å². The summed E-state index contributed by atoms with van der Waals surface area (Å²) in [7, 11) is 1.74. The third-order valence-corrected chi connectivity index (χ3v) is 5.73. The number of aryl methyl sites for hydroxylation is 1. The molecular weight excluding hydrogens is 389 g/mol. The van der Waals surface area contributed by atoms with Crippen molar-refractivity contribution in [2.45, 2.75) is 32.1 Å². The second-order valence-electron chi connectivity index (χ2n) is 7.53. The summed E-state index contributed by atoms with van der Waals surface area (Å²) in [6.07, 6.45) is 5.72. The van der Waals surface area contributed by atoms with Gasteiger partial charge in [-0.15, -0.1) is 12.4 Å². The third-order valence-electron chi connectivity index (χ3n) is 5.73. The zero-order valence-electron chi connectivity index (χ0n) is 17.3. The molecule has 3 rings (SSSR count). The van der Waals surface area contributed by atoms with E-state index in [1.165, 1.54) is 43.5 Å². The van der Waals surface area contributed by atoms with E-state index in [2.05, 4.69) is 23.1 Å². The van der Waals surface area contributed by atoms with Crippen LogP contribution in [0.3, 0.4) is 0 Å². The number of methoxy groups -OCH3 is 1. The Labute approximate surface area is 180 Å². The van der Waals surface area contributed by atoms with Gasteiger partial charge in [-0.05, 0) is 74.4 Å². The first-order chi connectivity index (χ1) is 13.8. The van der Waals surface area contributed by atoms with Crippen LogP contribution in [0.15, 0.2) is 48.5 Å². The maximum absolute atomic E-state index is 12.4. The number of benzene rings is 2. The average Bonchev–Trinajstić information content (AvgIpc) is 2.76. The van der Waals surface area contributed by atoms with Gasteiger partial charge in [0, 0.05) is 6.54 Å². The normalized spacial score (nSPS) is 15.0. The Kier molecular flexibility index (Phi) is 10.3.